The minimum absolute atomic E-state index is 0.197. The first-order valence-corrected chi connectivity index (χ1v) is 10.3. The average Bonchev–Trinajstić information content (AvgIpc) is 2.16. The van der Waals surface area contributed by atoms with Crippen LogP contribution in [0.4, 0.5) is 0 Å². The molecule has 0 spiro atoms. The summed E-state index contributed by atoms with van der Waals surface area (Å²) < 4.78 is 23.7. The van der Waals surface area contributed by atoms with E-state index in [1.165, 1.54) is 6.20 Å². The maximum Gasteiger partial charge on any atom is 0.195 e. The van der Waals surface area contributed by atoms with Gasteiger partial charge in [-0.25, -0.2) is 13.4 Å². The van der Waals surface area contributed by atoms with Gasteiger partial charge < -0.3 is 0 Å². The molecule has 1 heterocycles. The fraction of sp³-hybridized carbons (Fsp3) is 0.500. The highest BCUT2D eigenvalue weighted by atomic mass is 32.2. The molecule has 1 aromatic heterocycles. The van der Waals surface area contributed by atoms with Gasteiger partial charge in [-0.15, -0.1) is 0 Å². The van der Waals surface area contributed by atoms with Crippen LogP contribution in [0.5, 0.6) is 0 Å². The van der Waals surface area contributed by atoms with Crippen LogP contribution in [0.2, 0.25) is 25.7 Å². The summed E-state index contributed by atoms with van der Waals surface area (Å²) >= 11 is 0. The van der Waals surface area contributed by atoms with E-state index in [2.05, 4.69) is 24.6 Å². The van der Waals surface area contributed by atoms with Gasteiger partial charge in [-0.05, 0) is 18.2 Å². The molecule has 1 aromatic rings. The molecule has 0 unspecified atom stereocenters. The van der Waals surface area contributed by atoms with E-state index in [0.29, 0.717) is 0 Å². The summed E-state index contributed by atoms with van der Waals surface area (Å²) in [5.74, 6) is 0.222. The Morgan fingerprint density at radius 1 is 1.27 bits per heavy atom. The van der Waals surface area contributed by atoms with Crippen molar-refractivity contribution in [2.75, 3.05) is 5.75 Å². The Kier molecular flexibility index (Phi) is 3.67. The largest absolute Gasteiger partial charge is 0.245 e. The fourth-order valence-corrected chi connectivity index (χ4v) is 5.32. The molecule has 0 saturated heterocycles. The minimum atomic E-state index is -3.17. The molecule has 84 valence electrons. The molecule has 0 aliphatic rings. The number of sulfone groups is 1. The highest BCUT2D eigenvalue weighted by molar-refractivity contribution is 7.91. The van der Waals surface area contributed by atoms with Gasteiger partial charge >= 0.3 is 0 Å². The third-order valence-corrected chi connectivity index (χ3v) is 5.81. The standard InChI is InChI=1S/C10H17NO2SSi/c1-15(2,3)9-8-14(12,13)10-6-4-5-7-11-10/h4-7H,8-9H2,1-3H3. The van der Waals surface area contributed by atoms with Crippen molar-refractivity contribution in [1.29, 1.82) is 0 Å². The van der Waals surface area contributed by atoms with E-state index in [-0.39, 0.29) is 10.8 Å². The molecule has 0 aromatic carbocycles. The normalized spacial score (nSPS) is 12.7. The Morgan fingerprint density at radius 3 is 2.40 bits per heavy atom. The zero-order valence-electron chi connectivity index (χ0n) is 9.40. The first-order chi connectivity index (χ1) is 6.81. The van der Waals surface area contributed by atoms with Crippen LogP contribution in [-0.2, 0) is 9.84 Å². The summed E-state index contributed by atoms with van der Waals surface area (Å²) in [7, 11) is -4.48. The Balaban J connectivity index is 2.78. The second-order valence-electron chi connectivity index (χ2n) is 4.80. The van der Waals surface area contributed by atoms with Crippen molar-refractivity contribution in [3.8, 4) is 0 Å². The van der Waals surface area contributed by atoms with Gasteiger partial charge in [0, 0.05) is 14.3 Å². The van der Waals surface area contributed by atoms with E-state index in [1.54, 1.807) is 18.2 Å². The van der Waals surface area contributed by atoms with Crippen LogP contribution >= 0.6 is 0 Å². The van der Waals surface area contributed by atoms with Crippen LogP contribution in [0.1, 0.15) is 0 Å². The van der Waals surface area contributed by atoms with Crippen molar-refractivity contribution >= 4 is 17.9 Å². The number of hydrogen-bond donors (Lipinski definition) is 0. The van der Waals surface area contributed by atoms with Gasteiger partial charge in [-0.1, -0.05) is 25.7 Å². The van der Waals surface area contributed by atoms with Gasteiger partial charge in [0.05, 0.1) is 5.75 Å². The number of aromatic nitrogens is 1. The van der Waals surface area contributed by atoms with E-state index >= 15 is 0 Å². The lowest BCUT2D eigenvalue weighted by Gasteiger charge is -2.14. The molecule has 0 N–H and O–H groups in total. The van der Waals surface area contributed by atoms with Crippen molar-refractivity contribution < 1.29 is 8.42 Å². The smallest absolute Gasteiger partial charge is 0.195 e. The highest BCUT2D eigenvalue weighted by Gasteiger charge is 2.21. The summed E-state index contributed by atoms with van der Waals surface area (Å²) in [6.45, 7) is 6.50. The lowest BCUT2D eigenvalue weighted by atomic mass is 10.5. The molecule has 15 heavy (non-hydrogen) atoms. The third-order valence-electron chi connectivity index (χ3n) is 2.08. The Morgan fingerprint density at radius 2 is 1.93 bits per heavy atom. The van der Waals surface area contributed by atoms with E-state index < -0.39 is 17.9 Å². The number of pyridine rings is 1. The molecular formula is C10H17NO2SSi. The van der Waals surface area contributed by atoms with Gasteiger partial charge in [-0.3, -0.25) is 0 Å². The Labute approximate surface area is 92.5 Å². The van der Waals surface area contributed by atoms with Crippen LogP contribution in [-0.4, -0.2) is 27.2 Å². The van der Waals surface area contributed by atoms with Crippen molar-refractivity contribution in [3.05, 3.63) is 24.4 Å². The molecule has 5 heteroatoms. The van der Waals surface area contributed by atoms with Gasteiger partial charge in [-0.2, -0.15) is 0 Å². The zero-order valence-corrected chi connectivity index (χ0v) is 11.2. The summed E-state index contributed by atoms with van der Waals surface area (Å²) in [5, 5.41) is 0.197. The number of hydrogen-bond acceptors (Lipinski definition) is 3. The fourth-order valence-electron chi connectivity index (χ4n) is 1.08. The number of rotatable bonds is 4. The molecule has 0 atom stereocenters. The first kappa shape index (κ1) is 12.4. The highest BCUT2D eigenvalue weighted by Crippen LogP contribution is 2.14. The van der Waals surface area contributed by atoms with Gasteiger partial charge in [0.25, 0.3) is 0 Å². The maximum absolute atomic E-state index is 11.8. The Bertz CT molecular complexity index is 409. The average molecular weight is 243 g/mol. The van der Waals surface area contributed by atoms with Gasteiger partial charge in [0.1, 0.15) is 0 Å². The van der Waals surface area contributed by atoms with Crippen molar-refractivity contribution in [1.82, 2.24) is 4.98 Å². The summed E-state index contributed by atoms with van der Waals surface area (Å²) in [6.07, 6.45) is 1.52. The second kappa shape index (κ2) is 4.45. The van der Waals surface area contributed by atoms with E-state index in [4.69, 9.17) is 0 Å². The van der Waals surface area contributed by atoms with E-state index in [9.17, 15) is 8.42 Å². The molecule has 0 aliphatic heterocycles. The lowest BCUT2D eigenvalue weighted by molar-refractivity contribution is 0.593. The Hall–Kier alpha value is -0.683. The van der Waals surface area contributed by atoms with Crippen molar-refractivity contribution in [2.24, 2.45) is 0 Å². The van der Waals surface area contributed by atoms with Gasteiger partial charge in [0.15, 0.2) is 14.9 Å². The second-order valence-corrected chi connectivity index (χ2v) is 12.5. The molecule has 0 fully saturated rings. The van der Waals surface area contributed by atoms with Crippen LogP contribution in [0, 0.1) is 0 Å². The van der Waals surface area contributed by atoms with E-state index in [0.717, 1.165) is 6.04 Å². The molecule has 3 nitrogen and oxygen atoms in total. The molecule has 0 amide bonds. The monoisotopic (exact) mass is 243 g/mol. The molecule has 0 radical (unpaired) electrons. The SMILES string of the molecule is C[Si](C)(C)CCS(=O)(=O)c1ccccn1. The topological polar surface area (TPSA) is 47.0 Å². The summed E-state index contributed by atoms with van der Waals surface area (Å²) in [5.41, 5.74) is 0. The predicted octanol–water partition coefficient (Wildman–Crippen LogP) is 2.19. The molecule has 0 saturated carbocycles. The maximum atomic E-state index is 11.8. The zero-order chi connectivity index (χ0) is 11.5. The molecular weight excluding hydrogens is 226 g/mol. The lowest BCUT2D eigenvalue weighted by Crippen LogP contribution is -2.24. The molecule has 0 bridgehead atoms. The summed E-state index contributed by atoms with van der Waals surface area (Å²) in [6, 6.07) is 5.76. The van der Waals surface area contributed by atoms with E-state index in [1.807, 2.05) is 0 Å². The first-order valence-electron chi connectivity index (χ1n) is 4.95. The minimum Gasteiger partial charge on any atom is -0.245 e. The molecule has 1 rings (SSSR count). The molecule has 0 aliphatic carbocycles. The number of nitrogens with zero attached hydrogens (tertiary/aromatic N) is 1. The van der Waals surface area contributed by atoms with Crippen LogP contribution < -0.4 is 0 Å². The van der Waals surface area contributed by atoms with Crippen molar-refractivity contribution in [3.63, 3.8) is 0 Å². The van der Waals surface area contributed by atoms with Crippen LogP contribution in [0.25, 0.3) is 0 Å². The summed E-state index contributed by atoms with van der Waals surface area (Å²) in [4.78, 5) is 3.88. The van der Waals surface area contributed by atoms with Gasteiger partial charge in [0.2, 0.25) is 0 Å². The predicted molar refractivity (Wildman–Crippen MR) is 64.4 cm³/mol. The quantitative estimate of drug-likeness (QED) is 0.762. The van der Waals surface area contributed by atoms with Crippen LogP contribution in [0.3, 0.4) is 0 Å². The third kappa shape index (κ3) is 4.13. The van der Waals surface area contributed by atoms with Crippen LogP contribution in [0.15, 0.2) is 29.4 Å². The van der Waals surface area contributed by atoms with Crippen molar-refractivity contribution in [2.45, 2.75) is 30.7 Å².